The van der Waals surface area contributed by atoms with Crippen molar-refractivity contribution in [1.29, 1.82) is 0 Å². The number of hydrogen-bond acceptors (Lipinski definition) is 3. The topological polar surface area (TPSA) is 48.9 Å². The number of hydrogen-bond donors (Lipinski definition) is 2. The molecular weight excluding hydrogens is 336 g/mol. The van der Waals surface area contributed by atoms with Gasteiger partial charge in [0.05, 0.1) is 19.8 Å². The minimum Gasteiger partial charge on any atom is -0.379 e. The molecule has 1 aliphatic heterocycles. The molecule has 0 spiro atoms. The molecule has 1 saturated heterocycles. The number of guanidine groups is 1. The third-order valence-electron chi connectivity index (χ3n) is 5.72. The first kappa shape index (κ1) is 20.2. The van der Waals surface area contributed by atoms with Crippen LogP contribution in [0.15, 0.2) is 29.3 Å². The number of rotatable bonds is 6. The van der Waals surface area contributed by atoms with Crippen molar-refractivity contribution in [1.82, 2.24) is 15.5 Å². The van der Waals surface area contributed by atoms with Crippen LogP contribution in [0.3, 0.4) is 0 Å². The Labute approximate surface area is 164 Å². The molecule has 27 heavy (non-hydrogen) atoms. The van der Waals surface area contributed by atoms with E-state index >= 15 is 0 Å². The zero-order valence-corrected chi connectivity index (χ0v) is 17.0. The molecule has 0 atom stereocenters. The predicted octanol–water partition coefficient (Wildman–Crippen LogP) is 3.15. The Kier molecular flexibility index (Phi) is 7.96. The molecule has 3 rings (SSSR count). The molecule has 2 aliphatic rings. The minimum absolute atomic E-state index is 0.558. The van der Waals surface area contributed by atoms with Crippen LogP contribution in [0.5, 0.6) is 0 Å². The van der Waals surface area contributed by atoms with E-state index in [-0.39, 0.29) is 0 Å². The van der Waals surface area contributed by atoms with Crippen LogP contribution < -0.4 is 10.6 Å². The first-order valence-electron chi connectivity index (χ1n) is 10.7. The van der Waals surface area contributed by atoms with Crippen LogP contribution in [0.25, 0.3) is 0 Å². The first-order chi connectivity index (χ1) is 13.2. The van der Waals surface area contributed by atoms with Crippen molar-refractivity contribution in [3.05, 3.63) is 35.4 Å². The number of morpholine rings is 1. The maximum atomic E-state index is 5.47. The van der Waals surface area contributed by atoms with Crippen molar-refractivity contribution in [2.45, 2.75) is 58.7 Å². The van der Waals surface area contributed by atoms with Crippen molar-refractivity contribution in [3.8, 4) is 0 Å². The summed E-state index contributed by atoms with van der Waals surface area (Å²) in [6, 6.07) is 9.27. The van der Waals surface area contributed by atoms with Crippen LogP contribution in [0, 0.1) is 5.92 Å². The van der Waals surface area contributed by atoms with Crippen molar-refractivity contribution in [2.24, 2.45) is 10.9 Å². The molecular formula is C22H36N4O. The predicted molar refractivity (Wildman–Crippen MR) is 112 cm³/mol. The lowest BCUT2D eigenvalue weighted by Crippen LogP contribution is -2.44. The van der Waals surface area contributed by atoms with Crippen molar-refractivity contribution in [3.63, 3.8) is 0 Å². The van der Waals surface area contributed by atoms with Gasteiger partial charge < -0.3 is 15.4 Å². The summed E-state index contributed by atoms with van der Waals surface area (Å²) in [5.41, 5.74) is 2.70. The van der Waals surface area contributed by atoms with Gasteiger partial charge in [0.25, 0.3) is 0 Å². The van der Waals surface area contributed by atoms with Crippen molar-refractivity contribution < 1.29 is 4.74 Å². The number of ether oxygens (including phenoxy) is 1. The lowest BCUT2D eigenvalue weighted by molar-refractivity contribution is 0.0341. The van der Waals surface area contributed by atoms with Gasteiger partial charge in [-0.05, 0) is 49.7 Å². The molecule has 2 N–H and O–H groups in total. The first-order valence-corrected chi connectivity index (χ1v) is 10.7. The zero-order chi connectivity index (χ0) is 18.9. The zero-order valence-electron chi connectivity index (χ0n) is 17.0. The lowest BCUT2D eigenvalue weighted by atomic mass is 9.87. The molecule has 1 aromatic carbocycles. The van der Waals surface area contributed by atoms with E-state index in [0.717, 1.165) is 57.8 Å². The van der Waals surface area contributed by atoms with Crippen LogP contribution in [-0.4, -0.2) is 49.7 Å². The number of nitrogens with zero attached hydrogens (tertiary/aromatic N) is 2. The van der Waals surface area contributed by atoms with Crippen LogP contribution in [0.1, 0.15) is 50.7 Å². The van der Waals surface area contributed by atoms with Crippen LogP contribution in [0.2, 0.25) is 0 Å². The standard InChI is InChI=1S/C22H36N4O/c1-3-23-22(25-21-10-8-18(2)9-11-21)24-16-19-6-4-5-7-20(19)17-26-12-14-27-15-13-26/h4-7,18,21H,3,8-17H2,1-2H3,(H2,23,24,25). The van der Waals surface area contributed by atoms with Gasteiger partial charge in [0.2, 0.25) is 0 Å². The number of aliphatic imine (C=N–C) groups is 1. The second-order valence-corrected chi connectivity index (χ2v) is 7.95. The van der Waals surface area contributed by atoms with Crippen LogP contribution in [-0.2, 0) is 17.8 Å². The fraction of sp³-hybridized carbons (Fsp3) is 0.682. The highest BCUT2D eigenvalue weighted by Gasteiger charge is 2.19. The van der Waals surface area contributed by atoms with Gasteiger partial charge in [-0.1, -0.05) is 31.2 Å². The van der Waals surface area contributed by atoms with Crippen LogP contribution in [0.4, 0.5) is 0 Å². The van der Waals surface area contributed by atoms with Gasteiger partial charge in [0.1, 0.15) is 0 Å². The summed E-state index contributed by atoms with van der Waals surface area (Å²) in [5, 5.41) is 7.08. The lowest BCUT2D eigenvalue weighted by Gasteiger charge is -2.28. The van der Waals surface area contributed by atoms with Gasteiger partial charge in [0.15, 0.2) is 5.96 Å². The summed E-state index contributed by atoms with van der Waals surface area (Å²) in [6.45, 7) is 10.8. The Morgan fingerprint density at radius 3 is 2.52 bits per heavy atom. The summed E-state index contributed by atoms with van der Waals surface area (Å²) in [5.74, 6) is 1.83. The molecule has 0 aromatic heterocycles. The van der Waals surface area contributed by atoms with Gasteiger partial charge in [-0.25, -0.2) is 4.99 Å². The molecule has 0 unspecified atom stereocenters. The van der Waals surface area contributed by atoms with E-state index in [1.165, 1.54) is 36.8 Å². The highest BCUT2D eigenvalue weighted by atomic mass is 16.5. The molecule has 2 fully saturated rings. The molecule has 0 amide bonds. The fourth-order valence-corrected chi connectivity index (χ4v) is 3.95. The van der Waals surface area contributed by atoms with E-state index in [1.54, 1.807) is 0 Å². The summed E-state index contributed by atoms with van der Waals surface area (Å²) >= 11 is 0. The van der Waals surface area contributed by atoms with Gasteiger partial charge in [0, 0.05) is 32.2 Å². The number of benzene rings is 1. The minimum atomic E-state index is 0.558. The molecule has 1 heterocycles. The average Bonchev–Trinajstić information content (AvgIpc) is 2.70. The largest absolute Gasteiger partial charge is 0.379 e. The van der Waals surface area contributed by atoms with E-state index in [9.17, 15) is 0 Å². The van der Waals surface area contributed by atoms with Gasteiger partial charge in [-0.15, -0.1) is 0 Å². The maximum absolute atomic E-state index is 5.47. The van der Waals surface area contributed by atoms with Gasteiger partial charge in [-0.3, -0.25) is 4.90 Å². The van der Waals surface area contributed by atoms with Gasteiger partial charge >= 0.3 is 0 Å². The summed E-state index contributed by atoms with van der Waals surface area (Å²) in [6.07, 6.45) is 5.14. The fourth-order valence-electron chi connectivity index (χ4n) is 3.95. The molecule has 150 valence electrons. The summed E-state index contributed by atoms with van der Waals surface area (Å²) < 4.78 is 5.47. The summed E-state index contributed by atoms with van der Waals surface area (Å²) in [7, 11) is 0. The second-order valence-electron chi connectivity index (χ2n) is 7.95. The second kappa shape index (κ2) is 10.7. The third-order valence-corrected chi connectivity index (χ3v) is 5.72. The van der Waals surface area contributed by atoms with E-state index < -0.39 is 0 Å². The number of nitrogens with one attached hydrogen (secondary N) is 2. The highest BCUT2D eigenvalue weighted by molar-refractivity contribution is 5.80. The van der Waals surface area contributed by atoms with Crippen LogP contribution >= 0.6 is 0 Å². The third kappa shape index (κ3) is 6.51. The molecule has 1 aromatic rings. The maximum Gasteiger partial charge on any atom is 0.191 e. The normalized spacial score (nSPS) is 24.6. The van der Waals surface area contributed by atoms with E-state index in [0.29, 0.717) is 6.04 Å². The van der Waals surface area contributed by atoms with Gasteiger partial charge in [-0.2, -0.15) is 0 Å². The Hall–Kier alpha value is -1.59. The Morgan fingerprint density at radius 1 is 1.11 bits per heavy atom. The van der Waals surface area contributed by atoms with E-state index in [1.807, 2.05) is 0 Å². The molecule has 1 aliphatic carbocycles. The Bertz CT molecular complexity index is 590. The van der Waals surface area contributed by atoms with Crippen molar-refractivity contribution in [2.75, 3.05) is 32.8 Å². The molecule has 5 heteroatoms. The summed E-state index contributed by atoms with van der Waals surface area (Å²) in [4.78, 5) is 7.37. The Morgan fingerprint density at radius 2 is 1.81 bits per heavy atom. The quantitative estimate of drug-likeness (QED) is 0.595. The smallest absolute Gasteiger partial charge is 0.191 e. The SMILES string of the molecule is CCNC(=NCc1ccccc1CN1CCOCC1)NC1CCC(C)CC1. The Balaban J connectivity index is 1.61. The highest BCUT2D eigenvalue weighted by Crippen LogP contribution is 2.23. The molecule has 1 saturated carbocycles. The molecule has 0 radical (unpaired) electrons. The van der Waals surface area contributed by atoms with E-state index in [4.69, 9.17) is 9.73 Å². The molecule has 5 nitrogen and oxygen atoms in total. The molecule has 0 bridgehead atoms. The van der Waals surface area contributed by atoms with E-state index in [2.05, 4.69) is 53.6 Å². The monoisotopic (exact) mass is 372 g/mol. The van der Waals surface area contributed by atoms with Crippen molar-refractivity contribution >= 4 is 5.96 Å². The average molecular weight is 373 g/mol.